The summed E-state index contributed by atoms with van der Waals surface area (Å²) in [5.41, 5.74) is 11.1. The monoisotopic (exact) mass is 445 g/mol. The van der Waals surface area contributed by atoms with Gasteiger partial charge in [0.05, 0.1) is 10.7 Å². The van der Waals surface area contributed by atoms with Crippen LogP contribution >= 0.6 is 11.6 Å². The van der Waals surface area contributed by atoms with Crippen molar-refractivity contribution in [3.05, 3.63) is 77.1 Å². The minimum absolute atomic E-state index is 0.0909. The maximum Gasteiger partial charge on any atom is 0.130 e. The van der Waals surface area contributed by atoms with E-state index in [1.807, 2.05) is 62.4 Å². The number of rotatable bonds is 7. The molecule has 2 N–H and O–H groups in total. The molecule has 32 heavy (non-hydrogen) atoms. The van der Waals surface area contributed by atoms with Gasteiger partial charge in [0, 0.05) is 17.4 Å². The van der Waals surface area contributed by atoms with Crippen LogP contribution in [0.15, 0.2) is 76.2 Å². The van der Waals surface area contributed by atoms with Crippen molar-refractivity contribution in [3.8, 4) is 23.0 Å². The van der Waals surface area contributed by atoms with Gasteiger partial charge in [0.25, 0.3) is 0 Å². The van der Waals surface area contributed by atoms with Crippen LogP contribution in [0.25, 0.3) is 11.1 Å². The van der Waals surface area contributed by atoms with Crippen LogP contribution in [0.1, 0.15) is 32.0 Å². The van der Waals surface area contributed by atoms with Crippen LogP contribution in [-0.4, -0.2) is 23.3 Å². The van der Waals surface area contributed by atoms with E-state index in [1.165, 1.54) is 0 Å². The summed E-state index contributed by atoms with van der Waals surface area (Å²) >= 11 is 6.41. The summed E-state index contributed by atoms with van der Waals surface area (Å²) in [4.78, 5) is 9.81. The van der Waals surface area contributed by atoms with Crippen LogP contribution in [0.5, 0.6) is 0 Å². The molecule has 0 amide bonds. The first-order chi connectivity index (χ1) is 15.5. The van der Waals surface area contributed by atoms with Crippen molar-refractivity contribution >= 4 is 28.7 Å². The van der Waals surface area contributed by atoms with Crippen molar-refractivity contribution in [1.82, 2.24) is 4.98 Å². The number of nitrogens with zero attached hydrogens (tertiary/aromatic N) is 4. The molecule has 3 aromatic rings. The topological polar surface area (TPSA) is 85.2 Å². The van der Waals surface area contributed by atoms with Gasteiger partial charge < -0.3 is 10.6 Å². The zero-order valence-corrected chi connectivity index (χ0v) is 19.0. The quantitative estimate of drug-likeness (QED) is 0.153. The van der Waals surface area contributed by atoms with E-state index in [2.05, 4.69) is 32.2 Å². The lowest BCUT2D eigenvalue weighted by molar-refractivity contribution is 0.0858. The molecule has 0 atom stereocenters. The van der Waals surface area contributed by atoms with Crippen molar-refractivity contribution in [2.75, 3.05) is 12.3 Å². The van der Waals surface area contributed by atoms with Crippen LogP contribution in [0.2, 0.25) is 5.02 Å². The summed E-state index contributed by atoms with van der Waals surface area (Å²) in [6, 6.07) is 17.3. The van der Waals surface area contributed by atoms with E-state index in [0.717, 1.165) is 28.1 Å². The molecule has 3 rings (SSSR count). The maximum absolute atomic E-state index is 6.41. The van der Waals surface area contributed by atoms with Crippen LogP contribution < -0.4 is 5.73 Å². The first-order valence-electron chi connectivity index (χ1n) is 10.1. The Morgan fingerprint density at radius 2 is 1.75 bits per heavy atom. The SMILES string of the molecule is CC#Cc1cnc(C(CN=Nc2ccc(-c3ccc(N)cc3)cc2)=NOC(C)C)c(Cl)c1. The van der Waals surface area contributed by atoms with Gasteiger partial charge >= 0.3 is 0 Å². The third kappa shape index (κ3) is 6.40. The standard InChI is InChI=1S/C25H24ClN5O/c1-4-5-18-14-23(26)25(28-15-18)24(31-32-17(2)3)16-29-30-22-12-8-20(9-13-22)19-6-10-21(27)11-7-19/h6-15,17H,16,27H2,1-3H3. The molecule has 2 aromatic carbocycles. The highest BCUT2D eigenvalue weighted by Gasteiger charge is 2.12. The summed E-state index contributed by atoms with van der Waals surface area (Å²) in [5, 5.41) is 13.2. The van der Waals surface area contributed by atoms with Gasteiger partial charge in [0.15, 0.2) is 0 Å². The number of halogens is 1. The number of hydrogen-bond acceptors (Lipinski definition) is 6. The Bertz CT molecular complexity index is 1170. The van der Waals surface area contributed by atoms with E-state index in [0.29, 0.717) is 16.4 Å². The molecule has 0 fully saturated rings. The Morgan fingerprint density at radius 1 is 1.09 bits per heavy atom. The number of pyridine rings is 1. The van der Waals surface area contributed by atoms with Gasteiger partial charge in [-0.05, 0) is 62.2 Å². The number of benzene rings is 2. The average Bonchev–Trinajstić information content (AvgIpc) is 2.78. The van der Waals surface area contributed by atoms with Gasteiger partial charge in [-0.15, -0.1) is 5.92 Å². The molecule has 1 aromatic heterocycles. The second-order valence-electron chi connectivity index (χ2n) is 7.19. The van der Waals surface area contributed by atoms with Gasteiger partial charge in [-0.1, -0.05) is 46.9 Å². The van der Waals surface area contributed by atoms with E-state index in [-0.39, 0.29) is 12.6 Å². The van der Waals surface area contributed by atoms with Crippen LogP contribution in [0.3, 0.4) is 0 Å². The fraction of sp³-hybridized carbons (Fsp3) is 0.200. The van der Waals surface area contributed by atoms with Gasteiger partial charge in [0.1, 0.15) is 24.1 Å². The fourth-order valence-corrected chi connectivity index (χ4v) is 3.03. The molecule has 0 aliphatic rings. The summed E-state index contributed by atoms with van der Waals surface area (Å²) < 4.78 is 0. The molecule has 7 heteroatoms. The number of azo groups is 1. The Hall–Kier alpha value is -3.69. The molecule has 0 saturated heterocycles. The van der Waals surface area contributed by atoms with Crippen molar-refractivity contribution < 1.29 is 4.84 Å². The van der Waals surface area contributed by atoms with E-state index < -0.39 is 0 Å². The molecule has 0 spiro atoms. The molecular weight excluding hydrogens is 422 g/mol. The van der Waals surface area contributed by atoms with Gasteiger partial charge in [-0.2, -0.15) is 10.2 Å². The highest BCUT2D eigenvalue weighted by molar-refractivity contribution is 6.34. The Kier molecular flexibility index (Phi) is 7.96. The van der Waals surface area contributed by atoms with E-state index in [9.17, 15) is 0 Å². The van der Waals surface area contributed by atoms with Crippen molar-refractivity contribution in [2.24, 2.45) is 15.4 Å². The predicted octanol–water partition coefficient (Wildman–Crippen LogP) is 6.27. The minimum atomic E-state index is -0.0909. The third-order valence-electron chi connectivity index (χ3n) is 4.28. The molecule has 0 unspecified atom stereocenters. The van der Waals surface area contributed by atoms with Crippen molar-refractivity contribution in [3.63, 3.8) is 0 Å². The highest BCUT2D eigenvalue weighted by atomic mass is 35.5. The molecule has 0 aliphatic carbocycles. The van der Waals surface area contributed by atoms with Crippen LogP contribution in [-0.2, 0) is 4.84 Å². The smallest absolute Gasteiger partial charge is 0.130 e. The maximum atomic E-state index is 6.41. The third-order valence-corrected chi connectivity index (χ3v) is 4.56. The Labute approximate surface area is 193 Å². The predicted molar refractivity (Wildman–Crippen MR) is 130 cm³/mol. The van der Waals surface area contributed by atoms with Crippen molar-refractivity contribution in [2.45, 2.75) is 26.9 Å². The summed E-state index contributed by atoms with van der Waals surface area (Å²) in [7, 11) is 0. The molecule has 0 radical (unpaired) electrons. The second kappa shape index (κ2) is 11.1. The lowest BCUT2D eigenvalue weighted by Gasteiger charge is -2.08. The van der Waals surface area contributed by atoms with E-state index in [4.69, 9.17) is 22.2 Å². The largest absolute Gasteiger partial charge is 0.399 e. The lowest BCUT2D eigenvalue weighted by Crippen LogP contribution is -2.11. The van der Waals surface area contributed by atoms with Gasteiger partial charge in [0.2, 0.25) is 0 Å². The summed E-state index contributed by atoms with van der Waals surface area (Å²) in [6.07, 6.45) is 1.56. The minimum Gasteiger partial charge on any atom is -0.399 e. The van der Waals surface area contributed by atoms with Crippen LogP contribution in [0, 0.1) is 11.8 Å². The zero-order chi connectivity index (χ0) is 22.9. The molecular formula is C25H24ClN5O. The Morgan fingerprint density at radius 3 is 2.34 bits per heavy atom. The number of nitrogen functional groups attached to an aromatic ring is 1. The molecule has 1 heterocycles. The second-order valence-corrected chi connectivity index (χ2v) is 7.60. The molecule has 162 valence electrons. The molecule has 0 bridgehead atoms. The molecule has 6 nitrogen and oxygen atoms in total. The molecule has 0 saturated carbocycles. The number of hydrogen-bond donors (Lipinski definition) is 1. The number of oxime groups is 1. The number of nitrogens with two attached hydrogens (primary N) is 1. The molecule has 0 aliphatic heterocycles. The zero-order valence-electron chi connectivity index (χ0n) is 18.2. The lowest BCUT2D eigenvalue weighted by atomic mass is 10.1. The van der Waals surface area contributed by atoms with Crippen LogP contribution in [0.4, 0.5) is 11.4 Å². The van der Waals surface area contributed by atoms with E-state index in [1.54, 1.807) is 19.2 Å². The number of aromatic nitrogens is 1. The van der Waals surface area contributed by atoms with Gasteiger partial charge in [-0.3, -0.25) is 4.98 Å². The van der Waals surface area contributed by atoms with Crippen molar-refractivity contribution in [1.29, 1.82) is 0 Å². The van der Waals surface area contributed by atoms with E-state index >= 15 is 0 Å². The fourth-order valence-electron chi connectivity index (χ4n) is 2.76. The summed E-state index contributed by atoms with van der Waals surface area (Å²) in [5.74, 6) is 5.76. The first kappa shape index (κ1) is 23.0. The number of anilines is 1. The first-order valence-corrected chi connectivity index (χ1v) is 10.5. The highest BCUT2D eigenvalue weighted by Crippen LogP contribution is 2.24. The normalized spacial score (nSPS) is 11.5. The van der Waals surface area contributed by atoms with Gasteiger partial charge in [-0.25, -0.2) is 0 Å². The average molecular weight is 446 g/mol. The Balaban J connectivity index is 1.76. The summed E-state index contributed by atoms with van der Waals surface area (Å²) in [6.45, 7) is 5.70.